The fourth-order valence-corrected chi connectivity index (χ4v) is 3.69. The number of aliphatic imine (C=N–C) groups is 1. The third-order valence-electron chi connectivity index (χ3n) is 5.28. The molecule has 1 amide bonds. The van der Waals surface area contributed by atoms with Crippen LogP contribution in [-0.2, 0) is 16.1 Å². The molecule has 1 heterocycles. The van der Waals surface area contributed by atoms with Gasteiger partial charge in [0, 0.05) is 46.4 Å². The van der Waals surface area contributed by atoms with E-state index in [2.05, 4.69) is 69.8 Å². The molecule has 30 heavy (non-hydrogen) atoms. The molecular formula is C23H33N5O2. The van der Waals surface area contributed by atoms with Crippen LogP contribution in [0.2, 0.25) is 0 Å². The van der Waals surface area contributed by atoms with E-state index < -0.39 is 0 Å². The van der Waals surface area contributed by atoms with Crippen LogP contribution >= 0.6 is 0 Å². The molecule has 0 atom stereocenters. The molecule has 1 aliphatic heterocycles. The van der Waals surface area contributed by atoms with Gasteiger partial charge in [-0.2, -0.15) is 0 Å². The zero-order chi connectivity index (χ0) is 21.2. The molecule has 2 N–H and O–H groups in total. The molecular weight excluding hydrogens is 378 g/mol. The maximum atomic E-state index is 12.0. The minimum Gasteiger partial charge on any atom is -0.383 e. The standard InChI is InChI=1S/C23H33N5O2/c1-3-24-23(26-17-20-9-6-8-19-7-4-5-10-21(19)20)28-14-12-27(13-15-28)18-22(29)25-11-16-30-2/h4-10H,3,11-18H2,1-2H3,(H,24,26)(H,25,29). The van der Waals surface area contributed by atoms with E-state index in [1.807, 2.05) is 0 Å². The van der Waals surface area contributed by atoms with Gasteiger partial charge in [0.25, 0.3) is 0 Å². The number of carbonyl (C=O) groups excluding carboxylic acids is 1. The molecule has 0 spiro atoms. The van der Waals surface area contributed by atoms with Crippen molar-refractivity contribution in [2.45, 2.75) is 13.5 Å². The minimum absolute atomic E-state index is 0.0528. The average molecular weight is 412 g/mol. The van der Waals surface area contributed by atoms with E-state index in [0.29, 0.717) is 26.2 Å². The Balaban J connectivity index is 1.57. The van der Waals surface area contributed by atoms with Crippen LogP contribution in [0.5, 0.6) is 0 Å². The molecule has 1 aliphatic rings. The first-order valence-corrected chi connectivity index (χ1v) is 10.7. The predicted molar refractivity (Wildman–Crippen MR) is 122 cm³/mol. The highest BCUT2D eigenvalue weighted by atomic mass is 16.5. The van der Waals surface area contributed by atoms with Crippen LogP contribution in [0, 0.1) is 0 Å². The van der Waals surface area contributed by atoms with Crippen LogP contribution < -0.4 is 10.6 Å². The lowest BCUT2D eigenvalue weighted by Crippen LogP contribution is -2.54. The summed E-state index contributed by atoms with van der Waals surface area (Å²) in [6, 6.07) is 14.8. The Morgan fingerprint density at radius 2 is 1.83 bits per heavy atom. The topological polar surface area (TPSA) is 69.2 Å². The molecule has 0 aromatic heterocycles. The Morgan fingerprint density at radius 3 is 2.60 bits per heavy atom. The molecule has 7 heteroatoms. The predicted octanol–water partition coefficient (Wildman–Crippen LogP) is 1.69. The number of hydrogen-bond donors (Lipinski definition) is 2. The molecule has 0 saturated carbocycles. The van der Waals surface area contributed by atoms with Gasteiger partial charge >= 0.3 is 0 Å². The Bertz CT molecular complexity index is 841. The van der Waals surface area contributed by atoms with Gasteiger partial charge in [0.1, 0.15) is 0 Å². The highest BCUT2D eigenvalue weighted by Crippen LogP contribution is 2.19. The number of carbonyl (C=O) groups is 1. The second-order valence-electron chi connectivity index (χ2n) is 7.41. The van der Waals surface area contributed by atoms with Crippen LogP contribution in [-0.4, -0.2) is 81.2 Å². The van der Waals surface area contributed by atoms with Gasteiger partial charge in [0.05, 0.1) is 19.7 Å². The van der Waals surface area contributed by atoms with Crippen LogP contribution in [0.3, 0.4) is 0 Å². The second kappa shape index (κ2) is 11.5. The van der Waals surface area contributed by atoms with Crippen LogP contribution in [0.15, 0.2) is 47.5 Å². The number of hydrogen-bond acceptors (Lipinski definition) is 4. The zero-order valence-electron chi connectivity index (χ0n) is 18.1. The third-order valence-corrected chi connectivity index (χ3v) is 5.28. The zero-order valence-corrected chi connectivity index (χ0v) is 18.1. The van der Waals surface area contributed by atoms with Crippen molar-refractivity contribution in [3.05, 3.63) is 48.0 Å². The molecule has 1 fully saturated rings. The Hall–Kier alpha value is -2.64. The lowest BCUT2D eigenvalue weighted by Gasteiger charge is -2.36. The lowest BCUT2D eigenvalue weighted by molar-refractivity contribution is -0.122. The number of fused-ring (bicyclic) bond motifs is 1. The number of benzene rings is 2. The fourth-order valence-electron chi connectivity index (χ4n) is 3.69. The number of rotatable bonds is 8. The van der Waals surface area contributed by atoms with Gasteiger partial charge in [-0.25, -0.2) is 4.99 Å². The van der Waals surface area contributed by atoms with Crippen molar-refractivity contribution in [3.63, 3.8) is 0 Å². The van der Waals surface area contributed by atoms with Gasteiger partial charge < -0.3 is 20.3 Å². The van der Waals surface area contributed by atoms with E-state index >= 15 is 0 Å². The number of nitrogens with zero attached hydrogens (tertiary/aromatic N) is 3. The van der Waals surface area contributed by atoms with Gasteiger partial charge in [-0.1, -0.05) is 42.5 Å². The van der Waals surface area contributed by atoms with Gasteiger partial charge in [0.15, 0.2) is 5.96 Å². The molecule has 162 valence electrons. The molecule has 2 aromatic rings. The Kier molecular flexibility index (Phi) is 8.47. The summed E-state index contributed by atoms with van der Waals surface area (Å²) in [6.07, 6.45) is 0. The third kappa shape index (κ3) is 6.18. The largest absolute Gasteiger partial charge is 0.383 e. The molecule has 0 bridgehead atoms. The lowest BCUT2D eigenvalue weighted by atomic mass is 10.1. The molecule has 2 aromatic carbocycles. The number of amides is 1. The molecule has 0 radical (unpaired) electrons. The van der Waals surface area contributed by atoms with Gasteiger partial charge in [-0.15, -0.1) is 0 Å². The summed E-state index contributed by atoms with van der Waals surface area (Å²) in [4.78, 5) is 21.4. The van der Waals surface area contributed by atoms with E-state index in [-0.39, 0.29) is 5.91 Å². The summed E-state index contributed by atoms with van der Waals surface area (Å²) >= 11 is 0. The van der Waals surface area contributed by atoms with Crippen molar-refractivity contribution < 1.29 is 9.53 Å². The minimum atomic E-state index is 0.0528. The quantitative estimate of drug-likeness (QED) is 0.393. The Morgan fingerprint density at radius 1 is 1.07 bits per heavy atom. The monoisotopic (exact) mass is 411 g/mol. The first-order chi connectivity index (χ1) is 14.7. The first kappa shape index (κ1) is 22.1. The van der Waals surface area contributed by atoms with Crippen molar-refractivity contribution >= 4 is 22.6 Å². The normalized spacial score (nSPS) is 15.4. The van der Waals surface area contributed by atoms with Crippen LogP contribution in [0.4, 0.5) is 0 Å². The van der Waals surface area contributed by atoms with Crippen molar-refractivity contribution in [2.75, 3.05) is 59.5 Å². The molecule has 7 nitrogen and oxygen atoms in total. The first-order valence-electron chi connectivity index (χ1n) is 10.7. The molecule has 0 unspecified atom stereocenters. The average Bonchev–Trinajstić information content (AvgIpc) is 2.77. The molecule has 3 rings (SSSR count). The van der Waals surface area contributed by atoms with Crippen molar-refractivity contribution in [2.24, 2.45) is 4.99 Å². The maximum Gasteiger partial charge on any atom is 0.234 e. The highest BCUT2D eigenvalue weighted by molar-refractivity contribution is 5.86. The maximum absolute atomic E-state index is 12.0. The highest BCUT2D eigenvalue weighted by Gasteiger charge is 2.21. The van der Waals surface area contributed by atoms with E-state index in [1.54, 1.807) is 7.11 Å². The van der Waals surface area contributed by atoms with Crippen LogP contribution in [0.25, 0.3) is 10.8 Å². The summed E-state index contributed by atoms with van der Waals surface area (Å²) in [5.74, 6) is 0.992. The SMILES string of the molecule is CCNC(=NCc1cccc2ccccc12)N1CCN(CC(=O)NCCOC)CC1. The summed E-state index contributed by atoms with van der Waals surface area (Å²) in [5.41, 5.74) is 1.23. The number of ether oxygens (including phenoxy) is 1. The summed E-state index contributed by atoms with van der Waals surface area (Å²) in [5, 5.41) is 8.80. The smallest absolute Gasteiger partial charge is 0.234 e. The van der Waals surface area contributed by atoms with Crippen molar-refractivity contribution in [3.8, 4) is 0 Å². The van der Waals surface area contributed by atoms with Crippen molar-refractivity contribution in [1.82, 2.24) is 20.4 Å². The number of nitrogens with one attached hydrogen (secondary N) is 2. The molecule has 1 saturated heterocycles. The summed E-state index contributed by atoms with van der Waals surface area (Å²) in [6.45, 7) is 8.49. The molecule has 0 aliphatic carbocycles. The van der Waals surface area contributed by atoms with E-state index in [1.165, 1.54) is 16.3 Å². The van der Waals surface area contributed by atoms with Crippen molar-refractivity contribution in [1.29, 1.82) is 0 Å². The Labute approximate surface area is 179 Å². The van der Waals surface area contributed by atoms with Gasteiger partial charge in [-0.3, -0.25) is 9.69 Å². The number of guanidine groups is 1. The van der Waals surface area contributed by atoms with E-state index in [0.717, 1.165) is 38.7 Å². The summed E-state index contributed by atoms with van der Waals surface area (Å²) < 4.78 is 4.97. The van der Waals surface area contributed by atoms with Gasteiger partial charge in [0.2, 0.25) is 5.91 Å². The van der Waals surface area contributed by atoms with Crippen LogP contribution in [0.1, 0.15) is 12.5 Å². The van der Waals surface area contributed by atoms with Gasteiger partial charge in [-0.05, 0) is 23.3 Å². The fraction of sp³-hybridized carbons (Fsp3) is 0.478. The number of methoxy groups -OCH3 is 1. The van der Waals surface area contributed by atoms with E-state index in [4.69, 9.17) is 9.73 Å². The summed E-state index contributed by atoms with van der Waals surface area (Å²) in [7, 11) is 1.63. The number of piperazine rings is 1. The second-order valence-corrected chi connectivity index (χ2v) is 7.41. The van der Waals surface area contributed by atoms with E-state index in [9.17, 15) is 4.79 Å².